The molecule has 1 saturated heterocycles. The van der Waals surface area contributed by atoms with E-state index in [2.05, 4.69) is 5.32 Å². The lowest BCUT2D eigenvalue weighted by Gasteiger charge is -2.21. The van der Waals surface area contributed by atoms with Gasteiger partial charge >= 0.3 is 0 Å². The first-order chi connectivity index (χ1) is 10.1. The zero-order valence-electron chi connectivity index (χ0n) is 13.0. The first-order valence-corrected chi connectivity index (χ1v) is 7.30. The van der Waals surface area contributed by atoms with Crippen LogP contribution >= 0.6 is 0 Å². The van der Waals surface area contributed by atoms with Crippen LogP contribution in [0.1, 0.15) is 12.0 Å². The number of ether oxygens (including phenoxy) is 2. The molecule has 0 aliphatic carbocycles. The van der Waals surface area contributed by atoms with Gasteiger partial charge in [-0.25, -0.2) is 0 Å². The van der Waals surface area contributed by atoms with E-state index >= 15 is 0 Å². The van der Waals surface area contributed by atoms with Crippen molar-refractivity contribution in [1.29, 1.82) is 0 Å². The average molecular weight is 292 g/mol. The number of amides is 1. The minimum absolute atomic E-state index is 0.0991. The van der Waals surface area contributed by atoms with Crippen molar-refractivity contribution >= 4 is 5.91 Å². The van der Waals surface area contributed by atoms with E-state index in [9.17, 15) is 4.79 Å². The Morgan fingerprint density at radius 2 is 2.10 bits per heavy atom. The maximum Gasteiger partial charge on any atom is 0.239 e. The molecule has 21 heavy (non-hydrogen) atoms. The molecule has 2 atom stereocenters. The predicted octanol–water partition coefficient (Wildman–Crippen LogP) is 1.21. The van der Waals surface area contributed by atoms with Gasteiger partial charge in [0, 0.05) is 20.7 Å². The smallest absolute Gasteiger partial charge is 0.239 e. The molecule has 2 unspecified atom stereocenters. The van der Waals surface area contributed by atoms with Gasteiger partial charge in [0.2, 0.25) is 5.91 Å². The van der Waals surface area contributed by atoms with E-state index in [0.717, 1.165) is 18.7 Å². The zero-order chi connectivity index (χ0) is 15.2. The summed E-state index contributed by atoms with van der Waals surface area (Å²) in [5, 5.41) is 3.20. The van der Waals surface area contributed by atoms with Crippen molar-refractivity contribution in [2.45, 2.75) is 25.5 Å². The quantitative estimate of drug-likeness (QED) is 0.856. The van der Waals surface area contributed by atoms with Crippen molar-refractivity contribution in [3.05, 3.63) is 29.8 Å². The highest BCUT2D eigenvalue weighted by molar-refractivity contribution is 5.82. The van der Waals surface area contributed by atoms with Crippen LogP contribution in [0.4, 0.5) is 0 Å². The second kappa shape index (κ2) is 7.43. The minimum Gasteiger partial charge on any atom is -0.492 e. The van der Waals surface area contributed by atoms with E-state index in [4.69, 9.17) is 9.47 Å². The summed E-state index contributed by atoms with van der Waals surface area (Å²) in [5.74, 6) is 0.932. The Balaban J connectivity index is 1.72. The molecule has 5 nitrogen and oxygen atoms in total. The Morgan fingerprint density at radius 1 is 1.38 bits per heavy atom. The number of carbonyl (C=O) groups is 1. The molecule has 1 aromatic rings. The lowest BCUT2D eigenvalue weighted by Crippen LogP contribution is -2.43. The van der Waals surface area contributed by atoms with Crippen LogP contribution in [0.2, 0.25) is 0 Å². The summed E-state index contributed by atoms with van der Waals surface area (Å²) in [7, 11) is 3.49. The Bertz CT molecular complexity index is 461. The van der Waals surface area contributed by atoms with Crippen molar-refractivity contribution in [3.63, 3.8) is 0 Å². The van der Waals surface area contributed by atoms with Gasteiger partial charge in [0.05, 0.1) is 18.7 Å². The number of carbonyl (C=O) groups excluding carboxylic acids is 1. The minimum atomic E-state index is -0.140. The number of methoxy groups -OCH3 is 1. The topological polar surface area (TPSA) is 50.8 Å². The molecule has 0 radical (unpaired) electrons. The van der Waals surface area contributed by atoms with Crippen LogP contribution < -0.4 is 10.1 Å². The predicted molar refractivity (Wildman–Crippen MR) is 81.5 cm³/mol. The Kier molecular flexibility index (Phi) is 5.59. The highest BCUT2D eigenvalue weighted by Gasteiger charge is 2.30. The molecule has 1 amide bonds. The molecule has 1 aromatic carbocycles. The van der Waals surface area contributed by atoms with Gasteiger partial charge in [0.25, 0.3) is 0 Å². The third-order valence-electron chi connectivity index (χ3n) is 3.81. The first kappa shape index (κ1) is 15.8. The van der Waals surface area contributed by atoms with Crippen molar-refractivity contribution in [1.82, 2.24) is 10.2 Å². The molecule has 0 aromatic heterocycles. The number of aryl methyl sites for hydroxylation is 1. The maximum atomic E-state index is 12.2. The largest absolute Gasteiger partial charge is 0.492 e. The fourth-order valence-corrected chi connectivity index (χ4v) is 2.38. The summed E-state index contributed by atoms with van der Waals surface area (Å²) in [6.07, 6.45) is 0.870. The van der Waals surface area contributed by atoms with Gasteiger partial charge in [-0.2, -0.15) is 0 Å². The number of nitrogens with zero attached hydrogens (tertiary/aromatic N) is 1. The van der Waals surface area contributed by atoms with E-state index in [1.165, 1.54) is 5.56 Å². The summed E-state index contributed by atoms with van der Waals surface area (Å²) >= 11 is 0. The van der Waals surface area contributed by atoms with Crippen LogP contribution in [-0.4, -0.2) is 56.8 Å². The normalized spacial score (nSPS) is 21.3. The fourth-order valence-electron chi connectivity index (χ4n) is 2.38. The molecule has 0 bridgehead atoms. The number of rotatable bonds is 6. The standard InChI is InChI=1S/C16H24N2O3/c1-12-4-6-13(7-5-12)21-9-8-18(2)16(19)15-10-14(20-3)11-17-15/h4-7,14-15,17H,8-11H2,1-3H3. The Hall–Kier alpha value is -1.59. The Labute approximate surface area is 126 Å². The maximum absolute atomic E-state index is 12.2. The molecule has 116 valence electrons. The summed E-state index contributed by atoms with van der Waals surface area (Å²) < 4.78 is 10.9. The molecular weight excluding hydrogens is 268 g/mol. The van der Waals surface area contributed by atoms with Crippen LogP contribution in [-0.2, 0) is 9.53 Å². The number of benzene rings is 1. The van der Waals surface area contributed by atoms with Gasteiger partial charge in [-0.05, 0) is 25.5 Å². The van der Waals surface area contributed by atoms with Gasteiger partial charge in [-0.3, -0.25) is 4.79 Å². The van der Waals surface area contributed by atoms with Crippen LogP contribution in [0.15, 0.2) is 24.3 Å². The van der Waals surface area contributed by atoms with E-state index in [-0.39, 0.29) is 18.1 Å². The summed E-state index contributed by atoms with van der Waals surface area (Å²) in [6, 6.07) is 7.77. The second-order valence-corrected chi connectivity index (χ2v) is 5.48. The fraction of sp³-hybridized carbons (Fsp3) is 0.562. The third kappa shape index (κ3) is 4.44. The summed E-state index contributed by atoms with van der Waals surface area (Å²) in [5.41, 5.74) is 1.20. The molecule has 1 heterocycles. The van der Waals surface area contributed by atoms with Gasteiger partial charge in [0.15, 0.2) is 0 Å². The second-order valence-electron chi connectivity index (χ2n) is 5.48. The van der Waals surface area contributed by atoms with Crippen LogP contribution in [0.5, 0.6) is 5.75 Å². The van der Waals surface area contributed by atoms with Crippen LogP contribution in [0.25, 0.3) is 0 Å². The molecule has 0 saturated carbocycles. The summed E-state index contributed by atoms with van der Waals surface area (Å²) in [4.78, 5) is 14.0. The highest BCUT2D eigenvalue weighted by Crippen LogP contribution is 2.13. The number of likely N-dealkylation sites (N-methyl/N-ethyl adjacent to an activating group) is 1. The molecule has 0 spiro atoms. The monoisotopic (exact) mass is 292 g/mol. The molecular formula is C16H24N2O3. The van der Waals surface area contributed by atoms with E-state index in [1.54, 1.807) is 12.0 Å². The van der Waals surface area contributed by atoms with E-state index in [1.807, 2.05) is 38.2 Å². The molecule has 5 heteroatoms. The van der Waals surface area contributed by atoms with Crippen molar-refractivity contribution < 1.29 is 14.3 Å². The number of hydrogen-bond donors (Lipinski definition) is 1. The average Bonchev–Trinajstić information content (AvgIpc) is 2.97. The summed E-state index contributed by atoms with van der Waals surface area (Å²) in [6.45, 7) is 3.84. The lowest BCUT2D eigenvalue weighted by molar-refractivity contribution is -0.132. The highest BCUT2D eigenvalue weighted by atomic mass is 16.5. The van der Waals surface area contributed by atoms with E-state index in [0.29, 0.717) is 13.2 Å². The molecule has 1 fully saturated rings. The van der Waals surface area contributed by atoms with Crippen LogP contribution in [0, 0.1) is 6.92 Å². The van der Waals surface area contributed by atoms with Crippen molar-refractivity contribution in [2.24, 2.45) is 0 Å². The van der Waals surface area contributed by atoms with Gasteiger partial charge in [-0.15, -0.1) is 0 Å². The molecule has 2 rings (SSSR count). The molecule has 1 aliphatic heterocycles. The molecule has 1 aliphatic rings. The lowest BCUT2D eigenvalue weighted by atomic mass is 10.2. The number of hydrogen-bond acceptors (Lipinski definition) is 4. The zero-order valence-corrected chi connectivity index (χ0v) is 13.0. The number of nitrogens with one attached hydrogen (secondary N) is 1. The van der Waals surface area contributed by atoms with Gasteiger partial charge < -0.3 is 19.7 Å². The van der Waals surface area contributed by atoms with Gasteiger partial charge in [-0.1, -0.05) is 17.7 Å². The van der Waals surface area contributed by atoms with Gasteiger partial charge in [0.1, 0.15) is 12.4 Å². The van der Waals surface area contributed by atoms with Crippen molar-refractivity contribution in [2.75, 3.05) is 33.9 Å². The first-order valence-electron chi connectivity index (χ1n) is 7.30. The SMILES string of the molecule is COC1CNC(C(=O)N(C)CCOc2ccc(C)cc2)C1. The van der Waals surface area contributed by atoms with Crippen molar-refractivity contribution in [3.8, 4) is 5.75 Å². The third-order valence-corrected chi connectivity index (χ3v) is 3.81. The molecule has 1 N–H and O–H groups in total. The van der Waals surface area contributed by atoms with Crippen LogP contribution in [0.3, 0.4) is 0 Å². The Morgan fingerprint density at radius 3 is 2.71 bits per heavy atom. The van der Waals surface area contributed by atoms with E-state index < -0.39 is 0 Å².